The van der Waals surface area contributed by atoms with Crippen LogP contribution in [-0.4, -0.2) is 31.6 Å². The van der Waals surface area contributed by atoms with Crippen LogP contribution in [0.25, 0.3) is 11.0 Å². The van der Waals surface area contributed by atoms with E-state index in [4.69, 9.17) is 5.73 Å². The number of para-hydroxylation sites is 2. The van der Waals surface area contributed by atoms with Gasteiger partial charge in [-0.3, -0.25) is 19.1 Å². The van der Waals surface area contributed by atoms with Crippen molar-refractivity contribution in [1.29, 1.82) is 0 Å². The molecular weight excluding hydrogens is 408 g/mol. The summed E-state index contributed by atoms with van der Waals surface area (Å²) in [5.41, 5.74) is 6.78. The standard InChI is InChI=1S/C23H32N6O3/c1-5-7-12-27-21(24)20(22(31)26-23(27)32)29(13-15(3)4)19(30)14-28-17-11-9-8-10-16(17)25-18(28)6-2/h8-11,15H,5-7,12-14,24H2,1-4H3,(H,26,31,32). The predicted molar refractivity (Wildman–Crippen MR) is 127 cm³/mol. The van der Waals surface area contributed by atoms with Gasteiger partial charge in [-0.05, 0) is 24.5 Å². The molecule has 0 aliphatic rings. The number of carbonyl (C=O) groups excluding carboxylic acids is 1. The molecule has 0 aliphatic heterocycles. The fourth-order valence-electron chi connectivity index (χ4n) is 3.85. The zero-order valence-electron chi connectivity index (χ0n) is 19.2. The highest BCUT2D eigenvalue weighted by Crippen LogP contribution is 2.21. The number of aromatic amines is 1. The first kappa shape index (κ1) is 23.3. The molecule has 0 unspecified atom stereocenters. The van der Waals surface area contributed by atoms with E-state index in [0.29, 0.717) is 19.5 Å². The maximum Gasteiger partial charge on any atom is 0.330 e. The van der Waals surface area contributed by atoms with Gasteiger partial charge < -0.3 is 15.2 Å². The van der Waals surface area contributed by atoms with Crippen LogP contribution < -0.4 is 21.9 Å². The Bertz CT molecular complexity index is 1220. The Morgan fingerprint density at radius 1 is 1.19 bits per heavy atom. The summed E-state index contributed by atoms with van der Waals surface area (Å²) in [5.74, 6) is 0.611. The molecule has 0 spiro atoms. The molecule has 0 fully saturated rings. The van der Waals surface area contributed by atoms with Crippen molar-refractivity contribution in [2.24, 2.45) is 5.92 Å². The molecule has 0 aliphatic carbocycles. The molecule has 9 heteroatoms. The average molecular weight is 441 g/mol. The highest BCUT2D eigenvalue weighted by atomic mass is 16.2. The molecular formula is C23H32N6O3. The van der Waals surface area contributed by atoms with Crippen molar-refractivity contribution < 1.29 is 4.79 Å². The second kappa shape index (κ2) is 9.84. The van der Waals surface area contributed by atoms with Crippen molar-refractivity contribution in [3.8, 4) is 0 Å². The number of hydrogen-bond acceptors (Lipinski definition) is 5. The summed E-state index contributed by atoms with van der Waals surface area (Å²) >= 11 is 0. The molecule has 0 saturated heterocycles. The Kier molecular flexibility index (Phi) is 7.17. The summed E-state index contributed by atoms with van der Waals surface area (Å²) in [6, 6.07) is 7.65. The van der Waals surface area contributed by atoms with E-state index in [9.17, 15) is 14.4 Å². The molecule has 0 saturated carbocycles. The van der Waals surface area contributed by atoms with Gasteiger partial charge in [-0.1, -0.05) is 46.2 Å². The lowest BCUT2D eigenvalue weighted by Crippen LogP contribution is -2.44. The van der Waals surface area contributed by atoms with Gasteiger partial charge in [-0.25, -0.2) is 9.78 Å². The minimum Gasteiger partial charge on any atom is -0.383 e. The molecule has 1 amide bonds. The van der Waals surface area contributed by atoms with E-state index in [1.807, 2.05) is 56.5 Å². The van der Waals surface area contributed by atoms with Gasteiger partial charge in [0.25, 0.3) is 5.56 Å². The number of hydrogen-bond donors (Lipinski definition) is 2. The Morgan fingerprint density at radius 3 is 2.56 bits per heavy atom. The Labute approximate surface area is 186 Å². The van der Waals surface area contributed by atoms with E-state index in [-0.39, 0.29) is 29.9 Å². The van der Waals surface area contributed by atoms with Gasteiger partial charge in [-0.15, -0.1) is 0 Å². The summed E-state index contributed by atoms with van der Waals surface area (Å²) in [6.45, 7) is 8.60. The summed E-state index contributed by atoms with van der Waals surface area (Å²) in [4.78, 5) is 47.0. The van der Waals surface area contributed by atoms with Crippen LogP contribution in [0.5, 0.6) is 0 Å². The van der Waals surface area contributed by atoms with Crippen molar-refractivity contribution >= 4 is 28.4 Å². The number of benzene rings is 1. The lowest BCUT2D eigenvalue weighted by atomic mass is 10.2. The minimum absolute atomic E-state index is 0.0172. The molecule has 32 heavy (non-hydrogen) atoms. The third-order valence-electron chi connectivity index (χ3n) is 5.41. The fraction of sp³-hybridized carbons (Fsp3) is 0.478. The molecule has 3 aromatic rings. The number of carbonyl (C=O) groups is 1. The number of nitrogens with one attached hydrogen (secondary N) is 1. The summed E-state index contributed by atoms with van der Waals surface area (Å²) in [5, 5.41) is 0. The number of imidazole rings is 1. The number of H-pyrrole nitrogens is 1. The molecule has 3 N–H and O–H groups in total. The minimum atomic E-state index is -0.652. The van der Waals surface area contributed by atoms with Crippen LogP contribution in [0.1, 0.15) is 46.4 Å². The van der Waals surface area contributed by atoms with Crippen LogP contribution in [0.2, 0.25) is 0 Å². The van der Waals surface area contributed by atoms with Crippen LogP contribution >= 0.6 is 0 Å². The molecule has 1 aromatic carbocycles. The largest absolute Gasteiger partial charge is 0.383 e. The quantitative estimate of drug-likeness (QED) is 0.530. The molecule has 9 nitrogen and oxygen atoms in total. The first-order valence-electron chi connectivity index (χ1n) is 11.2. The second-order valence-electron chi connectivity index (χ2n) is 8.35. The highest BCUT2D eigenvalue weighted by Gasteiger charge is 2.26. The van der Waals surface area contributed by atoms with Crippen LogP contribution in [-0.2, 0) is 24.3 Å². The van der Waals surface area contributed by atoms with Gasteiger partial charge in [0.2, 0.25) is 5.91 Å². The van der Waals surface area contributed by atoms with Crippen molar-refractivity contribution in [3.63, 3.8) is 0 Å². The first-order valence-corrected chi connectivity index (χ1v) is 11.2. The number of fused-ring (bicyclic) bond motifs is 1. The van der Waals surface area contributed by atoms with E-state index in [1.54, 1.807) is 0 Å². The van der Waals surface area contributed by atoms with Gasteiger partial charge in [0.05, 0.1) is 11.0 Å². The van der Waals surface area contributed by atoms with Gasteiger partial charge in [-0.2, -0.15) is 0 Å². The second-order valence-corrected chi connectivity index (χ2v) is 8.35. The monoisotopic (exact) mass is 440 g/mol. The van der Waals surface area contributed by atoms with Crippen molar-refractivity contribution in [3.05, 3.63) is 50.9 Å². The van der Waals surface area contributed by atoms with Crippen LogP contribution in [0.4, 0.5) is 11.5 Å². The third-order valence-corrected chi connectivity index (χ3v) is 5.41. The molecule has 172 valence electrons. The number of nitrogens with two attached hydrogens (primary N) is 1. The van der Waals surface area contributed by atoms with Gasteiger partial charge in [0, 0.05) is 19.5 Å². The average Bonchev–Trinajstić information content (AvgIpc) is 3.10. The number of aryl methyl sites for hydroxylation is 1. The van der Waals surface area contributed by atoms with Crippen LogP contribution in [0.3, 0.4) is 0 Å². The topological polar surface area (TPSA) is 119 Å². The number of rotatable bonds is 9. The maximum absolute atomic E-state index is 13.6. The number of aromatic nitrogens is 4. The van der Waals surface area contributed by atoms with E-state index < -0.39 is 11.2 Å². The Morgan fingerprint density at radius 2 is 1.91 bits per heavy atom. The highest BCUT2D eigenvalue weighted by molar-refractivity contribution is 5.96. The van der Waals surface area contributed by atoms with Crippen molar-refractivity contribution in [2.75, 3.05) is 17.2 Å². The molecule has 2 aromatic heterocycles. The molecule has 3 rings (SSSR count). The van der Waals surface area contributed by atoms with Gasteiger partial charge in [0.1, 0.15) is 18.2 Å². The smallest absolute Gasteiger partial charge is 0.330 e. The number of anilines is 2. The number of nitrogens with zero attached hydrogens (tertiary/aromatic N) is 4. The molecule has 0 atom stereocenters. The van der Waals surface area contributed by atoms with Gasteiger partial charge in [0.15, 0.2) is 5.69 Å². The Balaban J connectivity index is 2.08. The number of nitrogen functional groups attached to an aromatic ring is 1. The van der Waals surface area contributed by atoms with E-state index in [2.05, 4.69) is 9.97 Å². The molecule has 2 heterocycles. The predicted octanol–water partition coefficient (Wildman–Crippen LogP) is 2.52. The van der Waals surface area contributed by atoms with Gasteiger partial charge >= 0.3 is 5.69 Å². The SMILES string of the molecule is CCCCn1c(N)c(N(CC(C)C)C(=O)Cn2c(CC)nc3ccccc32)c(=O)[nH]c1=O. The summed E-state index contributed by atoms with van der Waals surface area (Å²) in [7, 11) is 0. The zero-order chi connectivity index (χ0) is 23.4. The van der Waals surface area contributed by atoms with Crippen LogP contribution in [0, 0.1) is 5.92 Å². The van der Waals surface area contributed by atoms with E-state index in [1.165, 1.54) is 9.47 Å². The lowest BCUT2D eigenvalue weighted by Gasteiger charge is -2.26. The van der Waals surface area contributed by atoms with Crippen molar-refractivity contribution in [1.82, 2.24) is 19.1 Å². The molecule has 0 bridgehead atoms. The first-order chi connectivity index (χ1) is 15.3. The summed E-state index contributed by atoms with van der Waals surface area (Å²) in [6.07, 6.45) is 2.26. The third kappa shape index (κ3) is 4.61. The maximum atomic E-state index is 13.6. The fourth-order valence-corrected chi connectivity index (χ4v) is 3.85. The zero-order valence-corrected chi connectivity index (χ0v) is 19.2. The van der Waals surface area contributed by atoms with E-state index >= 15 is 0 Å². The number of amides is 1. The summed E-state index contributed by atoms with van der Waals surface area (Å²) < 4.78 is 3.22. The van der Waals surface area contributed by atoms with E-state index in [0.717, 1.165) is 29.7 Å². The normalized spacial score (nSPS) is 11.4. The number of unbranched alkanes of at least 4 members (excludes halogenated alkanes) is 1. The lowest BCUT2D eigenvalue weighted by molar-refractivity contribution is -0.119. The molecule has 0 radical (unpaired) electrons. The van der Waals surface area contributed by atoms with Crippen molar-refractivity contribution in [2.45, 2.75) is 60.0 Å². The Hall–Kier alpha value is -3.36. The van der Waals surface area contributed by atoms with Crippen LogP contribution in [0.15, 0.2) is 33.9 Å².